The highest BCUT2D eigenvalue weighted by atomic mass is 35.5. The van der Waals surface area contributed by atoms with Gasteiger partial charge in [0.1, 0.15) is 18.7 Å². The van der Waals surface area contributed by atoms with Gasteiger partial charge in [-0.05, 0) is 50.2 Å². The summed E-state index contributed by atoms with van der Waals surface area (Å²) in [5.74, 6) is 1.79. The summed E-state index contributed by atoms with van der Waals surface area (Å²) < 4.78 is 16.7. The molecule has 1 aliphatic heterocycles. The molecule has 0 amide bonds. The summed E-state index contributed by atoms with van der Waals surface area (Å²) in [5, 5.41) is 10.6. The Morgan fingerprint density at radius 1 is 1.09 bits per heavy atom. The molecule has 0 aliphatic carbocycles. The first-order valence-corrected chi connectivity index (χ1v) is 10.6. The van der Waals surface area contributed by atoms with E-state index in [0.717, 1.165) is 52.7 Å². The summed E-state index contributed by atoms with van der Waals surface area (Å²) in [6, 6.07) is 9.28. The molecule has 0 saturated carbocycles. The predicted molar refractivity (Wildman–Crippen MR) is 128 cm³/mol. The number of benzene rings is 2. The number of aromatic amines is 1. The van der Waals surface area contributed by atoms with Crippen molar-refractivity contribution in [1.82, 2.24) is 19.9 Å². The van der Waals surface area contributed by atoms with E-state index in [1.807, 2.05) is 30.5 Å². The number of nitrogens with zero attached hydrogens (tertiary/aromatic N) is 4. The molecule has 0 atom stereocenters. The number of nitrogens with one attached hydrogen (secondary N) is 1. The van der Waals surface area contributed by atoms with Gasteiger partial charge in [0.25, 0.3) is 6.26 Å². The van der Waals surface area contributed by atoms with Gasteiger partial charge < -0.3 is 19.2 Å². The number of methoxy groups -OCH3 is 1. The minimum atomic E-state index is 0. The Labute approximate surface area is 197 Å². The molecular formula is C24H24ClN5O3. The van der Waals surface area contributed by atoms with Crippen molar-refractivity contribution < 1.29 is 14.2 Å². The third kappa shape index (κ3) is 4.51. The van der Waals surface area contributed by atoms with Gasteiger partial charge in [-0.15, -0.1) is 17.7 Å². The van der Waals surface area contributed by atoms with E-state index in [9.17, 15) is 0 Å². The molecule has 1 aliphatic rings. The third-order valence-corrected chi connectivity index (χ3v) is 5.86. The van der Waals surface area contributed by atoms with Gasteiger partial charge in [-0.1, -0.05) is 0 Å². The van der Waals surface area contributed by atoms with Crippen LogP contribution in [-0.4, -0.2) is 53.2 Å². The fraction of sp³-hybridized carbons (Fsp3) is 0.292. The van der Waals surface area contributed by atoms with Crippen molar-refractivity contribution in [2.45, 2.75) is 12.8 Å². The second kappa shape index (κ2) is 9.94. The van der Waals surface area contributed by atoms with Gasteiger partial charge in [0, 0.05) is 40.7 Å². The summed E-state index contributed by atoms with van der Waals surface area (Å²) in [7, 11) is 1.63. The highest BCUT2D eigenvalue weighted by Gasteiger charge is 2.17. The fourth-order valence-electron chi connectivity index (χ4n) is 4.25. The maximum Gasteiger partial charge on any atom is 0.292 e. The molecule has 2 aromatic heterocycles. The van der Waals surface area contributed by atoms with Crippen molar-refractivity contribution >= 4 is 34.2 Å². The van der Waals surface area contributed by atoms with Crippen molar-refractivity contribution in [3.8, 4) is 34.8 Å². The van der Waals surface area contributed by atoms with Crippen LogP contribution in [-0.2, 0) is 0 Å². The van der Waals surface area contributed by atoms with Crippen LogP contribution < -0.4 is 14.2 Å². The van der Waals surface area contributed by atoms with Gasteiger partial charge in [-0.3, -0.25) is 4.90 Å². The van der Waals surface area contributed by atoms with E-state index >= 15 is 0 Å². The van der Waals surface area contributed by atoms with Gasteiger partial charge in [0.15, 0.2) is 11.5 Å². The normalized spacial score (nSPS) is 13.6. The number of H-pyrrole nitrogens is 1. The Morgan fingerprint density at radius 2 is 1.94 bits per heavy atom. The molecule has 33 heavy (non-hydrogen) atoms. The lowest BCUT2D eigenvalue weighted by atomic mass is 10.0. The minimum Gasteiger partial charge on any atom is -0.493 e. The zero-order valence-corrected chi connectivity index (χ0v) is 19.0. The van der Waals surface area contributed by atoms with E-state index in [2.05, 4.69) is 19.9 Å². The molecular weight excluding hydrogens is 442 g/mol. The van der Waals surface area contributed by atoms with Crippen molar-refractivity contribution in [3.05, 3.63) is 42.9 Å². The van der Waals surface area contributed by atoms with Crippen LogP contribution in [0.2, 0.25) is 0 Å². The minimum absolute atomic E-state index is 0. The van der Waals surface area contributed by atoms with Gasteiger partial charge in [-0.2, -0.15) is 0 Å². The number of nitriles is 1. The predicted octanol–water partition coefficient (Wildman–Crippen LogP) is 4.54. The van der Waals surface area contributed by atoms with Crippen LogP contribution in [0.5, 0.6) is 17.2 Å². The van der Waals surface area contributed by atoms with E-state index in [0.29, 0.717) is 23.9 Å². The molecule has 0 spiro atoms. The van der Waals surface area contributed by atoms with E-state index < -0.39 is 0 Å². The SMILES string of the molecule is COc1cc2c(-c3c[nH]c4ccc(OC#N)cc34)ncnc2cc1OCCN1CCCC1.Cl. The van der Waals surface area contributed by atoms with Gasteiger partial charge in [0.05, 0.1) is 18.3 Å². The smallest absolute Gasteiger partial charge is 0.292 e. The van der Waals surface area contributed by atoms with Crippen LogP contribution in [0.25, 0.3) is 33.1 Å². The first-order chi connectivity index (χ1) is 15.8. The molecule has 170 valence electrons. The Bertz CT molecular complexity index is 1310. The molecule has 9 heteroatoms. The second-order valence-corrected chi connectivity index (χ2v) is 7.74. The van der Waals surface area contributed by atoms with E-state index in [4.69, 9.17) is 19.5 Å². The van der Waals surface area contributed by atoms with Crippen LogP contribution in [0, 0.1) is 11.5 Å². The van der Waals surface area contributed by atoms with Crippen LogP contribution >= 0.6 is 12.4 Å². The second-order valence-electron chi connectivity index (χ2n) is 7.74. The molecule has 1 N–H and O–H groups in total. The molecule has 2 aromatic carbocycles. The number of rotatable bonds is 7. The summed E-state index contributed by atoms with van der Waals surface area (Å²) in [6.07, 6.45) is 7.68. The highest BCUT2D eigenvalue weighted by molar-refractivity contribution is 6.03. The van der Waals surface area contributed by atoms with Crippen LogP contribution in [0.1, 0.15) is 12.8 Å². The molecule has 5 rings (SSSR count). The van der Waals surface area contributed by atoms with E-state index in [-0.39, 0.29) is 12.4 Å². The lowest BCUT2D eigenvalue weighted by molar-refractivity contribution is 0.230. The molecule has 0 radical (unpaired) electrons. The summed E-state index contributed by atoms with van der Waals surface area (Å²) in [5.41, 5.74) is 3.34. The standard InChI is InChI=1S/C24H23N5O3.ClH/c1-30-22-11-18-21(12-23(22)31-9-8-29-6-2-3-7-29)27-15-28-24(18)19-13-26-20-5-4-16(32-14-25)10-17(19)20;/h4-5,10-13,15,26H,2-3,6-9H2,1H3;1H. The molecule has 0 unspecified atom stereocenters. The first kappa shape index (κ1) is 22.6. The molecule has 3 heterocycles. The Hall–Kier alpha value is -3.54. The maximum atomic E-state index is 8.85. The largest absolute Gasteiger partial charge is 0.493 e. The maximum absolute atomic E-state index is 8.85. The highest BCUT2D eigenvalue weighted by Crippen LogP contribution is 2.38. The zero-order chi connectivity index (χ0) is 21.9. The van der Waals surface area contributed by atoms with Gasteiger partial charge >= 0.3 is 0 Å². The quantitative estimate of drug-likeness (QED) is 0.400. The van der Waals surface area contributed by atoms with Crippen LogP contribution in [0.15, 0.2) is 42.9 Å². The lowest BCUT2D eigenvalue weighted by Gasteiger charge is -2.17. The number of hydrogen-bond acceptors (Lipinski definition) is 7. The molecule has 4 aromatic rings. The van der Waals surface area contributed by atoms with Crippen molar-refractivity contribution in [1.29, 1.82) is 5.26 Å². The van der Waals surface area contributed by atoms with Crippen molar-refractivity contribution in [2.75, 3.05) is 33.4 Å². The van der Waals surface area contributed by atoms with Crippen LogP contribution in [0.4, 0.5) is 0 Å². The number of fused-ring (bicyclic) bond motifs is 2. The first-order valence-electron chi connectivity index (χ1n) is 10.6. The lowest BCUT2D eigenvalue weighted by Crippen LogP contribution is -2.25. The molecule has 1 saturated heterocycles. The monoisotopic (exact) mass is 465 g/mol. The van der Waals surface area contributed by atoms with Crippen molar-refractivity contribution in [2.24, 2.45) is 0 Å². The van der Waals surface area contributed by atoms with Crippen LogP contribution in [0.3, 0.4) is 0 Å². The average Bonchev–Trinajstić information content (AvgIpc) is 3.48. The molecule has 8 nitrogen and oxygen atoms in total. The summed E-state index contributed by atoms with van der Waals surface area (Å²) >= 11 is 0. The Morgan fingerprint density at radius 3 is 2.73 bits per heavy atom. The zero-order valence-electron chi connectivity index (χ0n) is 18.2. The molecule has 1 fully saturated rings. The summed E-state index contributed by atoms with van der Waals surface area (Å²) in [4.78, 5) is 14.7. The third-order valence-electron chi connectivity index (χ3n) is 5.86. The van der Waals surface area contributed by atoms with E-state index in [1.54, 1.807) is 25.8 Å². The van der Waals surface area contributed by atoms with Gasteiger partial charge in [-0.25, -0.2) is 9.97 Å². The molecule has 0 bridgehead atoms. The summed E-state index contributed by atoms with van der Waals surface area (Å²) in [6.45, 7) is 3.78. The van der Waals surface area contributed by atoms with Gasteiger partial charge in [0.2, 0.25) is 0 Å². The van der Waals surface area contributed by atoms with Crippen molar-refractivity contribution in [3.63, 3.8) is 0 Å². The number of aromatic nitrogens is 3. The Balaban J connectivity index is 0.00000259. The Kier molecular flexibility index (Phi) is 6.82. The topological polar surface area (TPSA) is 96.3 Å². The number of hydrogen-bond donors (Lipinski definition) is 1. The fourth-order valence-corrected chi connectivity index (χ4v) is 4.25. The van der Waals surface area contributed by atoms with E-state index in [1.165, 1.54) is 12.8 Å². The number of halogens is 1. The number of ether oxygens (including phenoxy) is 3. The number of likely N-dealkylation sites (tertiary alicyclic amines) is 1. The average molecular weight is 466 g/mol.